The van der Waals surface area contributed by atoms with Crippen LogP contribution in [0.4, 0.5) is 0 Å². The summed E-state index contributed by atoms with van der Waals surface area (Å²) in [5, 5.41) is 8.18. The summed E-state index contributed by atoms with van der Waals surface area (Å²) in [5.74, 6) is 0. The molecule has 2 radical (unpaired) electrons. The van der Waals surface area contributed by atoms with E-state index in [1.165, 1.54) is 43.0 Å². The maximum atomic E-state index is 2.20. The number of hydrogen-bond acceptors (Lipinski definition) is 0. The molecule has 0 amide bonds. The fourth-order valence-electron chi connectivity index (χ4n) is 3.82. The Morgan fingerprint density at radius 2 is 0.824 bits per heavy atom. The van der Waals surface area contributed by atoms with Crippen LogP contribution in [-0.4, -0.2) is 9.52 Å². The smallest absolute Gasteiger partial charge is 0.165 e. The summed E-state index contributed by atoms with van der Waals surface area (Å²) in [6, 6.07) is 46.8. The topological polar surface area (TPSA) is 0 Å². The van der Waals surface area contributed by atoms with Crippen LogP contribution in [0.3, 0.4) is 0 Å². The van der Waals surface area contributed by atoms with Gasteiger partial charge in [-0.25, -0.2) is 0 Å². The molecule has 34 heavy (non-hydrogen) atoms. The Labute approximate surface area is 225 Å². The first-order valence-corrected chi connectivity index (χ1v) is 12.3. The van der Waals surface area contributed by atoms with Gasteiger partial charge in [0.05, 0.1) is 0 Å². The molecule has 6 aromatic rings. The van der Waals surface area contributed by atoms with Gasteiger partial charge in [-0.1, -0.05) is 97.0 Å². The molecule has 6 aromatic carbocycles. The second-order valence-electron chi connectivity index (χ2n) is 8.18. The first-order valence-electron chi connectivity index (χ1n) is 11.3. The Morgan fingerprint density at radius 3 is 1.21 bits per heavy atom. The molecule has 0 aliphatic carbocycles. The van der Waals surface area contributed by atoms with Gasteiger partial charge in [-0.2, -0.15) is 12.1 Å². The van der Waals surface area contributed by atoms with Gasteiger partial charge in [0.15, 0.2) is 0 Å². The Hall–Kier alpha value is -2.80. The molecule has 6 rings (SSSR count). The minimum Gasteiger partial charge on any atom is -0.165 e. The van der Waals surface area contributed by atoms with E-state index < -0.39 is 0 Å². The van der Waals surface area contributed by atoms with Crippen LogP contribution in [0, 0.1) is 13.8 Å². The van der Waals surface area contributed by atoms with E-state index in [9.17, 15) is 0 Å². The van der Waals surface area contributed by atoms with E-state index >= 15 is 0 Å². The van der Waals surface area contributed by atoms with E-state index in [1.807, 2.05) is 0 Å². The average molecular weight is 532 g/mol. The molecule has 0 atom stereocenters. The largest absolute Gasteiger partial charge is 2.00 e. The van der Waals surface area contributed by atoms with Gasteiger partial charge >= 0.3 is 26.2 Å². The van der Waals surface area contributed by atoms with E-state index in [1.54, 1.807) is 0 Å². The summed E-state index contributed by atoms with van der Waals surface area (Å²) in [5.41, 5.74) is 2.70. The van der Waals surface area contributed by atoms with Crippen molar-refractivity contribution in [3.63, 3.8) is 0 Å². The molecule has 0 aliphatic rings. The van der Waals surface area contributed by atoms with Crippen LogP contribution in [0.25, 0.3) is 21.5 Å². The molecular weight excluding hydrogens is 504 g/mol. The van der Waals surface area contributed by atoms with Crippen molar-refractivity contribution in [2.24, 2.45) is 0 Å². The van der Waals surface area contributed by atoms with Gasteiger partial charge < -0.3 is 0 Å². The number of fused-ring (bicyclic) bond motifs is 2. The van der Waals surface area contributed by atoms with E-state index in [4.69, 9.17) is 0 Å². The van der Waals surface area contributed by atoms with E-state index in [-0.39, 0.29) is 26.2 Å². The Morgan fingerprint density at radius 1 is 0.471 bits per heavy atom. The summed E-state index contributed by atoms with van der Waals surface area (Å²) in [7, 11) is 0.777. The van der Waals surface area contributed by atoms with Crippen molar-refractivity contribution < 1.29 is 26.2 Å². The van der Waals surface area contributed by atoms with Crippen molar-refractivity contribution in [1.82, 2.24) is 0 Å². The standard InChI is InChI=1S/C12H10Si.2C10H9.Zr/c1-3-7-11(8-4-1)13-12-9-5-2-6-10-12;2*1-8-6-9-4-2-3-5-10(9)7-8;/h1-10H;2*2-7H,1H3;/q;2*-1;+2. The van der Waals surface area contributed by atoms with Gasteiger partial charge in [0.25, 0.3) is 0 Å². The quantitative estimate of drug-likeness (QED) is 0.166. The van der Waals surface area contributed by atoms with Crippen molar-refractivity contribution in [1.29, 1.82) is 0 Å². The van der Waals surface area contributed by atoms with Crippen molar-refractivity contribution in [3.8, 4) is 0 Å². The summed E-state index contributed by atoms with van der Waals surface area (Å²) < 4.78 is 0. The monoisotopic (exact) mass is 530 g/mol. The molecule has 0 saturated carbocycles. The second kappa shape index (κ2) is 13.2. The first-order chi connectivity index (χ1) is 16.2. The summed E-state index contributed by atoms with van der Waals surface area (Å²) >= 11 is 0. The van der Waals surface area contributed by atoms with E-state index in [0.29, 0.717) is 0 Å². The van der Waals surface area contributed by atoms with Gasteiger partial charge in [-0.15, -0.1) is 81.2 Å². The van der Waals surface area contributed by atoms with Crippen LogP contribution in [0.1, 0.15) is 11.1 Å². The Kier molecular flexibility index (Phi) is 10.0. The zero-order valence-corrected chi connectivity index (χ0v) is 23.2. The molecule has 0 aliphatic heterocycles. The van der Waals surface area contributed by atoms with Crippen LogP contribution in [0.2, 0.25) is 0 Å². The van der Waals surface area contributed by atoms with Crippen molar-refractivity contribution in [3.05, 3.63) is 145 Å². The molecule has 0 unspecified atom stereocenters. The van der Waals surface area contributed by atoms with E-state index in [2.05, 4.69) is 147 Å². The molecule has 2 heteroatoms. The second-order valence-corrected chi connectivity index (χ2v) is 9.58. The summed E-state index contributed by atoms with van der Waals surface area (Å²) in [6.45, 7) is 4.25. The normalized spacial score (nSPS) is 9.94. The Balaban J connectivity index is 0.000000142. The molecule has 0 N–H and O–H groups in total. The van der Waals surface area contributed by atoms with Crippen molar-refractivity contribution in [2.75, 3.05) is 0 Å². The minimum atomic E-state index is 0. The number of aryl methyl sites for hydroxylation is 2. The van der Waals surface area contributed by atoms with Gasteiger partial charge in [0.1, 0.15) is 9.52 Å². The van der Waals surface area contributed by atoms with Crippen molar-refractivity contribution in [2.45, 2.75) is 13.8 Å². The third kappa shape index (κ3) is 7.62. The third-order valence-electron chi connectivity index (χ3n) is 5.36. The molecule has 0 fully saturated rings. The fraction of sp³-hybridized carbons (Fsp3) is 0.0625. The molecule has 0 heterocycles. The molecule has 0 aromatic heterocycles. The summed E-state index contributed by atoms with van der Waals surface area (Å²) in [6.07, 6.45) is 0. The van der Waals surface area contributed by atoms with Crippen LogP contribution in [0.5, 0.6) is 0 Å². The first kappa shape index (κ1) is 25.8. The number of rotatable bonds is 2. The van der Waals surface area contributed by atoms with Crippen LogP contribution >= 0.6 is 0 Å². The molecule has 0 spiro atoms. The number of benzene rings is 4. The van der Waals surface area contributed by atoms with Gasteiger partial charge in [-0.3, -0.25) is 0 Å². The molecular formula is C32H28SiZr. The van der Waals surface area contributed by atoms with Gasteiger partial charge in [-0.05, 0) is 0 Å². The minimum absolute atomic E-state index is 0. The zero-order valence-electron chi connectivity index (χ0n) is 19.7. The Bertz CT molecular complexity index is 1220. The van der Waals surface area contributed by atoms with Crippen molar-refractivity contribution >= 4 is 41.4 Å². The maximum Gasteiger partial charge on any atom is 2.00 e. The number of hydrogen-bond donors (Lipinski definition) is 0. The molecule has 0 bridgehead atoms. The molecule has 164 valence electrons. The predicted molar refractivity (Wildman–Crippen MR) is 146 cm³/mol. The van der Waals surface area contributed by atoms with Gasteiger partial charge in [0.2, 0.25) is 0 Å². The van der Waals surface area contributed by atoms with Crippen LogP contribution in [0.15, 0.2) is 133 Å². The fourth-order valence-corrected chi connectivity index (χ4v) is 4.87. The molecule has 0 nitrogen and oxygen atoms in total. The SMILES string of the molecule is Cc1cc2ccccc2[cH-]1.Cc1cc2ccccc2[cH-]1.[Zr+2].c1ccc([Si]c2ccccc2)cc1. The maximum absolute atomic E-state index is 2.20. The van der Waals surface area contributed by atoms with Crippen LogP contribution < -0.4 is 10.4 Å². The van der Waals surface area contributed by atoms with Crippen LogP contribution in [-0.2, 0) is 26.2 Å². The predicted octanol–water partition coefficient (Wildman–Crippen LogP) is 7.07. The van der Waals surface area contributed by atoms with E-state index in [0.717, 1.165) is 9.52 Å². The summed E-state index contributed by atoms with van der Waals surface area (Å²) in [4.78, 5) is 0. The van der Waals surface area contributed by atoms with Gasteiger partial charge in [0, 0.05) is 0 Å². The average Bonchev–Trinajstić information content (AvgIpc) is 3.41. The zero-order chi connectivity index (χ0) is 22.9. The molecule has 0 saturated heterocycles. The third-order valence-corrected chi connectivity index (χ3v) is 6.60.